The molecular weight excluding hydrogens is 370 g/mol. The number of phenols is 1. The van der Waals surface area contributed by atoms with Crippen LogP contribution in [0, 0.1) is 18.6 Å². The number of aryl methyl sites for hydroxylation is 1. The second-order valence-electron chi connectivity index (χ2n) is 5.15. The topological polar surface area (TPSA) is 62.2 Å². The van der Waals surface area contributed by atoms with E-state index in [2.05, 4.69) is 10.3 Å². The molecule has 4 nitrogen and oxygen atoms in total. The molecule has 1 heterocycles. The fourth-order valence-electron chi connectivity index (χ4n) is 2.20. The summed E-state index contributed by atoms with van der Waals surface area (Å²) in [5.41, 5.74) is 0.172. The molecule has 0 saturated carbocycles. The van der Waals surface area contributed by atoms with E-state index in [0.717, 1.165) is 23.5 Å². The van der Waals surface area contributed by atoms with E-state index in [1.165, 1.54) is 24.3 Å². The zero-order chi connectivity index (χ0) is 18.1. The van der Waals surface area contributed by atoms with E-state index in [0.29, 0.717) is 10.7 Å². The molecule has 128 valence electrons. The Morgan fingerprint density at radius 2 is 1.92 bits per heavy atom. The number of phenolic OH excluding ortho intramolecular Hbond substituents is 1. The number of aromatic hydroxyl groups is 1. The van der Waals surface area contributed by atoms with Crippen molar-refractivity contribution < 1.29 is 18.7 Å². The fraction of sp³-hybridized carbons (Fsp3) is 0.0588. The van der Waals surface area contributed by atoms with Gasteiger partial charge in [-0.1, -0.05) is 17.7 Å². The van der Waals surface area contributed by atoms with Gasteiger partial charge in [0.2, 0.25) is 0 Å². The second kappa shape index (κ2) is 6.78. The van der Waals surface area contributed by atoms with Crippen molar-refractivity contribution in [3.63, 3.8) is 0 Å². The van der Waals surface area contributed by atoms with Crippen molar-refractivity contribution in [2.75, 3.05) is 5.32 Å². The van der Waals surface area contributed by atoms with Gasteiger partial charge in [0.05, 0.1) is 16.9 Å². The molecule has 2 aromatic carbocycles. The van der Waals surface area contributed by atoms with Crippen molar-refractivity contribution >= 4 is 34.5 Å². The molecular formula is C17H11ClF2N2O2S. The summed E-state index contributed by atoms with van der Waals surface area (Å²) in [7, 11) is 0. The smallest absolute Gasteiger partial charge is 0.267 e. The summed E-state index contributed by atoms with van der Waals surface area (Å²) in [4.78, 5) is 16.7. The van der Waals surface area contributed by atoms with Crippen molar-refractivity contribution in [2.45, 2.75) is 6.92 Å². The zero-order valence-corrected chi connectivity index (χ0v) is 14.4. The van der Waals surface area contributed by atoms with Crippen LogP contribution in [0.1, 0.15) is 15.4 Å². The van der Waals surface area contributed by atoms with Gasteiger partial charge < -0.3 is 10.4 Å². The van der Waals surface area contributed by atoms with Crippen LogP contribution in [0.3, 0.4) is 0 Å². The Hall–Kier alpha value is -2.51. The molecule has 2 N–H and O–H groups in total. The van der Waals surface area contributed by atoms with Gasteiger partial charge in [-0.3, -0.25) is 4.79 Å². The van der Waals surface area contributed by atoms with Crippen LogP contribution in [-0.2, 0) is 0 Å². The van der Waals surface area contributed by atoms with Crippen LogP contribution < -0.4 is 5.32 Å². The first-order chi connectivity index (χ1) is 11.9. The average Bonchev–Trinajstić information content (AvgIpc) is 2.92. The maximum atomic E-state index is 13.9. The Morgan fingerprint density at radius 3 is 2.60 bits per heavy atom. The summed E-state index contributed by atoms with van der Waals surface area (Å²) in [5.74, 6) is -2.22. The minimum Gasteiger partial charge on any atom is -0.506 e. The molecule has 3 aromatic rings. The summed E-state index contributed by atoms with van der Waals surface area (Å²) in [6.45, 7) is 1.56. The fourth-order valence-corrected chi connectivity index (χ4v) is 3.39. The number of carbonyl (C=O) groups is 1. The van der Waals surface area contributed by atoms with Crippen molar-refractivity contribution in [1.29, 1.82) is 0 Å². The Balaban J connectivity index is 1.95. The van der Waals surface area contributed by atoms with Crippen molar-refractivity contribution in [2.24, 2.45) is 0 Å². The number of halogens is 3. The van der Waals surface area contributed by atoms with Gasteiger partial charge in [0.1, 0.15) is 27.3 Å². The maximum Gasteiger partial charge on any atom is 0.267 e. The molecule has 8 heteroatoms. The summed E-state index contributed by atoms with van der Waals surface area (Å²) in [6, 6.07) is 7.71. The van der Waals surface area contributed by atoms with Gasteiger partial charge in [0.25, 0.3) is 5.91 Å². The van der Waals surface area contributed by atoms with Crippen LogP contribution in [0.4, 0.5) is 14.5 Å². The summed E-state index contributed by atoms with van der Waals surface area (Å²) in [5, 5.41) is 12.7. The van der Waals surface area contributed by atoms with Crippen molar-refractivity contribution in [3.8, 4) is 16.3 Å². The van der Waals surface area contributed by atoms with E-state index in [1.54, 1.807) is 6.92 Å². The first kappa shape index (κ1) is 17.3. The number of nitrogens with zero attached hydrogens (tertiary/aromatic N) is 1. The normalized spacial score (nSPS) is 10.7. The van der Waals surface area contributed by atoms with E-state index >= 15 is 0 Å². The minimum atomic E-state index is -0.756. The number of amides is 1. The third-order valence-electron chi connectivity index (χ3n) is 3.39. The largest absolute Gasteiger partial charge is 0.506 e. The predicted molar refractivity (Wildman–Crippen MR) is 93.3 cm³/mol. The van der Waals surface area contributed by atoms with Crippen molar-refractivity contribution in [3.05, 3.63) is 63.6 Å². The van der Waals surface area contributed by atoms with E-state index in [-0.39, 0.29) is 26.9 Å². The first-order valence-corrected chi connectivity index (χ1v) is 8.28. The number of aromatic nitrogens is 1. The summed E-state index contributed by atoms with van der Waals surface area (Å²) in [6.07, 6.45) is 0. The third-order valence-corrected chi connectivity index (χ3v) is 4.80. The van der Waals surface area contributed by atoms with Gasteiger partial charge in [0, 0.05) is 5.02 Å². The lowest BCUT2D eigenvalue weighted by atomic mass is 10.2. The van der Waals surface area contributed by atoms with Crippen LogP contribution in [0.2, 0.25) is 5.02 Å². The Labute approximate surface area is 150 Å². The number of hydrogen-bond acceptors (Lipinski definition) is 4. The van der Waals surface area contributed by atoms with Gasteiger partial charge >= 0.3 is 0 Å². The summed E-state index contributed by atoms with van der Waals surface area (Å²) < 4.78 is 27.8. The highest BCUT2D eigenvalue weighted by atomic mass is 35.5. The van der Waals surface area contributed by atoms with Crippen LogP contribution in [0.15, 0.2) is 36.4 Å². The summed E-state index contributed by atoms with van der Waals surface area (Å²) >= 11 is 6.70. The number of hydrogen-bond donors (Lipinski definition) is 2. The molecule has 0 unspecified atom stereocenters. The highest BCUT2D eigenvalue weighted by Crippen LogP contribution is 2.33. The second-order valence-corrected chi connectivity index (χ2v) is 6.58. The minimum absolute atomic E-state index is 0.0635. The van der Waals surface area contributed by atoms with E-state index < -0.39 is 17.5 Å². The SMILES string of the molecule is Cc1nc(-c2c(F)cccc2F)sc1C(=O)Nc1cc(Cl)ccc1O. The van der Waals surface area contributed by atoms with Gasteiger partial charge in [-0.25, -0.2) is 13.8 Å². The Bertz CT molecular complexity index is 955. The number of benzene rings is 2. The van der Waals surface area contributed by atoms with Crippen LogP contribution in [0.25, 0.3) is 10.6 Å². The highest BCUT2D eigenvalue weighted by Gasteiger charge is 2.21. The van der Waals surface area contributed by atoms with Crippen LogP contribution >= 0.6 is 22.9 Å². The van der Waals surface area contributed by atoms with E-state index in [4.69, 9.17) is 11.6 Å². The number of carbonyl (C=O) groups excluding carboxylic acids is 1. The number of rotatable bonds is 3. The Kier molecular flexibility index (Phi) is 4.69. The molecule has 25 heavy (non-hydrogen) atoms. The van der Waals surface area contributed by atoms with Gasteiger partial charge in [-0.15, -0.1) is 11.3 Å². The van der Waals surface area contributed by atoms with E-state index in [9.17, 15) is 18.7 Å². The molecule has 0 spiro atoms. The van der Waals surface area contributed by atoms with E-state index in [1.807, 2.05) is 0 Å². The Morgan fingerprint density at radius 1 is 1.24 bits per heavy atom. The van der Waals surface area contributed by atoms with Gasteiger partial charge in [0.15, 0.2) is 0 Å². The predicted octanol–water partition coefficient (Wildman–Crippen LogP) is 5.01. The lowest BCUT2D eigenvalue weighted by molar-refractivity contribution is 0.102. The molecule has 0 fully saturated rings. The lowest BCUT2D eigenvalue weighted by Gasteiger charge is -2.06. The number of thiazole rings is 1. The van der Waals surface area contributed by atoms with Crippen LogP contribution in [-0.4, -0.2) is 16.0 Å². The molecule has 0 aliphatic rings. The van der Waals surface area contributed by atoms with Gasteiger partial charge in [-0.05, 0) is 37.3 Å². The molecule has 0 radical (unpaired) electrons. The lowest BCUT2D eigenvalue weighted by Crippen LogP contribution is -2.11. The molecule has 0 saturated heterocycles. The van der Waals surface area contributed by atoms with Gasteiger partial charge in [-0.2, -0.15) is 0 Å². The highest BCUT2D eigenvalue weighted by molar-refractivity contribution is 7.17. The molecule has 1 amide bonds. The molecule has 0 aliphatic heterocycles. The first-order valence-electron chi connectivity index (χ1n) is 7.08. The molecule has 1 aromatic heterocycles. The average molecular weight is 381 g/mol. The third kappa shape index (κ3) is 3.47. The zero-order valence-electron chi connectivity index (χ0n) is 12.8. The number of anilines is 1. The van der Waals surface area contributed by atoms with Crippen molar-refractivity contribution in [1.82, 2.24) is 4.98 Å². The molecule has 0 aliphatic carbocycles. The molecule has 3 rings (SSSR count). The maximum absolute atomic E-state index is 13.9. The molecule has 0 bridgehead atoms. The standard InChI is InChI=1S/C17H11ClF2N2O2S/c1-8-15(16(24)22-12-7-9(18)5-6-13(12)23)25-17(21-8)14-10(19)3-2-4-11(14)20/h2-7,23H,1H3,(H,22,24). The van der Waals surface area contributed by atoms with Crippen LogP contribution in [0.5, 0.6) is 5.75 Å². The molecule has 0 atom stereocenters. The number of nitrogens with one attached hydrogen (secondary N) is 1. The quantitative estimate of drug-likeness (QED) is 0.628. The monoisotopic (exact) mass is 380 g/mol.